The molecule has 5 nitrogen and oxygen atoms in total. The van der Waals surface area contributed by atoms with E-state index in [4.69, 9.17) is 12.2 Å². The van der Waals surface area contributed by atoms with E-state index in [0.29, 0.717) is 0 Å². The van der Waals surface area contributed by atoms with Gasteiger partial charge in [-0.3, -0.25) is 0 Å². The smallest absolute Gasteiger partial charge is 0.329 e. The summed E-state index contributed by atoms with van der Waals surface area (Å²) in [5.74, 6) is 0. The topological polar surface area (TPSA) is 59.4 Å². The molecule has 0 aromatic carbocycles. The van der Waals surface area contributed by atoms with Gasteiger partial charge in [0, 0.05) is 0 Å². The van der Waals surface area contributed by atoms with Gasteiger partial charge in [-0.25, -0.2) is 9.67 Å². The lowest BCUT2D eigenvalue weighted by Gasteiger charge is -2.15. The Balaban J connectivity index is 2.63. The minimum Gasteiger partial charge on any atom is -0.329 e. The van der Waals surface area contributed by atoms with Crippen LogP contribution in [-0.2, 0) is 0 Å². The quantitative estimate of drug-likeness (QED) is 0.785. The van der Waals surface area contributed by atoms with Crippen LogP contribution in [0.5, 0.6) is 0 Å². The second-order valence-electron chi connectivity index (χ2n) is 3.16. The van der Waals surface area contributed by atoms with Gasteiger partial charge in [0.2, 0.25) is 0 Å². The largest absolute Gasteiger partial charge is 0.410 e. The molecule has 1 unspecified atom stereocenters. The predicted octanol–water partition coefficient (Wildman–Crippen LogP) is 2.01. The maximum atomic E-state index is 12.5. The number of aromatic nitrogens is 5. The lowest BCUT2D eigenvalue weighted by Crippen LogP contribution is -2.24. The van der Waals surface area contributed by atoms with Crippen LogP contribution in [0.1, 0.15) is 13.0 Å². The fraction of sp³-hybridized carbons (Fsp3) is 0.429. The number of fused-ring (bicyclic) bond motifs is 1. The van der Waals surface area contributed by atoms with Crippen molar-refractivity contribution in [2.75, 3.05) is 0 Å². The second kappa shape index (κ2) is 3.51. The maximum Gasteiger partial charge on any atom is 0.410 e. The van der Waals surface area contributed by atoms with Crippen molar-refractivity contribution in [1.29, 1.82) is 0 Å². The molecule has 1 atom stereocenters. The number of rotatable bonds is 1. The monoisotopic (exact) mass is 249 g/mol. The number of halogens is 3. The highest BCUT2D eigenvalue weighted by Gasteiger charge is 2.39. The molecular formula is C7H6F3N5S. The van der Waals surface area contributed by atoms with Gasteiger partial charge in [0.1, 0.15) is 6.04 Å². The molecule has 0 saturated carbocycles. The third kappa shape index (κ3) is 1.66. The van der Waals surface area contributed by atoms with E-state index >= 15 is 0 Å². The third-order valence-electron chi connectivity index (χ3n) is 2.12. The van der Waals surface area contributed by atoms with Crippen molar-refractivity contribution in [3.05, 3.63) is 11.0 Å². The number of hydrogen-bond donors (Lipinski definition) is 1. The number of H-pyrrole nitrogens is 1. The van der Waals surface area contributed by atoms with E-state index < -0.39 is 12.2 Å². The standard InChI is InChI=1S/C7H6F3N5S/c1-3(7(8,9)10)15-5-4(13-14-15)6(16)12-2-11-5/h2-3H,1H3,(H,11,12,16). The molecule has 0 aliphatic heterocycles. The summed E-state index contributed by atoms with van der Waals surface area (Å²) in [5, 5.41) is 7.00. The van der Waals surface area contributed by atoms with Gasteiger partial charge in [-0.05, 0) is 6.92 Å². The first kappa shape index (κ1) is 11.0. The molecule has 2 heterocycles. The number of alkyl halides is 3. The normalized spacial score (nSPS) is 14.2. The zero-order chi connectivity index (χ0) is 11.9. The van der Waals surface area contributed by atoms with Crippen LogP contribution in [0, 0.1) is 4.64 Å². The van der Waals surface area contributed by atoms with Crippen LogP contribution in [0.2, 0.25) is 0 Å². The third-order valence-corrected chi connectivity index (χ3v) is 2.42. The summed E-state index contributed by atoms with van der Waals surface area (Å²) in [4.78, 5) is 6.26. The van der Waals surface area contributed by atoms with Gasteiger partial charge in [-0.1, -0.05) is 17.4 Å². The summed E-state index contributed by atoms with van der Waals surface area (Å²) >= 11 is 4.82. The molecule has 2 aromatic rings. The molecule has 0 saturated heterocycles. The maximum absolute atomic E-state index is 12.5. The average molecular weight is 249 g/mol. The van der Waals surface area contributed by atoms with Crippen molar-refractivity contribution in [3.8, 4) is 0 Å². The van der Waals surface area contributed by atoms with Gasteiger partial charge in [0.25, 0.3) is 0 Å². The Hall–Kier alpha value is -1.51. The first-order valence-corrected chi connectivity index (χ1v) is 4.67. The zero-order valence-electron chi connectivity index (χ0n) is 7.99. The molecule has 0 aliphatic carbocycles. The Morgan fingerprint density at radius 3 is 2.81 bits per heavy atom. The molecule has 9 heteroatoms. The number of nitrogens with one attached hydrogen (secondary N) is 1. The molecule has 16 heavy (non-hydrogen) atoms. The van der Waals surface area contributed by atoms with Gasteiger partial charge in [0.05, 0.1) is 6.33 Å². The summed E-state index contributed by atoms with van der Waals surface area (Å²) in [6, 6.07) is -1.77. The minimum absolute atomic E-state index is 0.116. The Morgan fingerprint density at radius 1 is 1.50 bits per heavy atom. The SMILES string of the molecule is CC(n1nnc2c(=S)nc[nH]c21)C(F)(F)F. The van der Waals surface area contributed by atoms with E-state index in [-0.39, 0.29) is 15.8 Å². The highest BCUT2D eigenvalue weighted by molar-refractivity contribution is 7.71. The fourth-order valence-corrected chi connectivity index (χ4v) is 1.39. The molecule has 2 rings (SSSR count). The van der Waals surface area contributed by atoms with Crippen LogP contribution in [0.25, 0.3) is 11.2 Å². The second-order valence-corrected chi connectivity index (χ2v) is 3.54. The van der Waals surface area contributed by atoms with E-state index in [0.717, 1.165) is 11.6 Å². The van der Waals surface area contributed by atoms with Crippen molar-refractivity contribution in [1.82, 2.24) is 25.0 Å². The van der Waals surface area contributed by atoms with Crippen molar-refractivity contribution in [2.24, 2.45) is 0 Å². The van der Waals surface area contributed by atoms with Gasteiger partial charge in [0.15, 0.2) is 15.8 Å². The van der Waals surface area contributed by atoms with E-state index in [1.807, 2.05) is 0 Å². The van der Waals surface area contributed by atoms with Crippen LogP contribution < -0.4 is 0 Å². The van der Waals surface area contributed by atoms with Crippen LogP contribution in [0.4, 0.5) is 13.2 Å². The van der Waals surface area contributed by atoms with Gasteiger partial charge >= 0.3 is 6.18 Å². The Labute approximate surface area is 92.3 Å². The summed E-state index contributed by atoms with van der Waals surface area (Å²) in [6.07, 6.45) is -3.17. The Bertz CT molecular complexity index is 571. The summed E-state index contributed by atoms with van der Waals surface area (Å²) in [5.41, 5.74) is 0.276. The van der Waals surface area contributed by atoms with E-state index in [1.54, 1.807) is 0 Å². The number of aromatic amines is 1. The summed E-state index contributed by atoms with van der Waals surface area (Å²) < 4.78 is 38.4. The van der Waals surface area contributed by atoms with Gasteiger partial charge in [-0.2, -0.15) is 13.2 Å². The summed E-state index contributed by atoms with van der Waals surface area (Å²) in [6.45, 7) is 0.992. The zero-order valence-corrected chi connectivity index (χ0v) is 8.80. The molecule has 0 fully saturated rings. The highest BCUT2D eigenvalue weighted by Crippen LogP contribution is 2.30. The summed E-state index contributed by atoms with van der Waals surface area (Å²) in [7, 11) is 0. The number of hydrogen-bond acceptors (Lipinski definition) is 4. The van der Waals surface area contributed by atoms with Crippen molar-refractivity contribution in [3.63, 3.8) is 0 Å². The van der Waals surface area contributed by atoms with E-state index in [9.17, 15) is 13.2 Å². The Morgan fingerprint density at radius 2 is 2.19 bits per heavy atom. The van der Waals surface area contributed by atoms with Crippen molar-refractivity contribution in [2.45, 2.75) is 19.1 Å². The first-order valence-electron chi connectivity index (χ1n) is 4.26. The minimum atomic E-state index is -4.39. The van der Waals surface area contributed by atoms with Crippen LogP contribution in [0.15, 0.2) is 6.33 Å². The lowest BCUT2D eigenvalue weighted by molar-refractivity contribution is -0.164. The van der Waals surface area contributed by atoms with Crippen LogP contribution in [-0.4, -0.2) is 31.1 Å². The van der Waals surface area contributed by atoms with E-state index in [1.165, 1.54) is 6.33 Å². The molecule has 0 amide bonds. The van der Waals surface area contributed by atoms with E-state index in [2.05, 4.69) is 20.3 Å². The van der Waals surface area contributed by atoms with Crippen LogP contribution in [0.3, 0.4) is 0 Å². The lowest BCUT2D eigenvalue weighted by atomic mass is 10.3. The van der Waals surface area contributed by atoms with Crippen LogP contribution >= 0.6 is 12.2 Å². The fourth-order valence-electron chi connectivity index (χ4n) is 1.19. The molecular weight excluding hydrogens is 243 g/mol. The molecule has 0 aliphatic rings. The molecule has 86 valence electrons. The molecule has 2 aromatic heterocycles. The number of nitrogens with zero attached hydrogens (tertiary/aromatic N) is 4. The molecule has 0 bridgehead atoms. The Kier molecular flexibility index (Phi) is 2.41. The van der Waals surface area contributed by atoms with Gasteiger partial charge < -0.3 is 4.98 Å². The van der Waals surface area contributed by atoms with Gasteiger partial charge in [-0.15, -0.1) is 5.10 Å². The van der Waals surface area contributed by atoms with Crippen molar-refractivity contribution >= 4 is 23.4 Å². The molecule has 1 N–H and O–H groups in total. The highest BCUT2D eigenvalue weighted by atomic mass is 32.1. The first-order chi connectivity index (χ1) is 7.41. The average Bonchev–Trinajstić information content (AvgIpc) is 2.60. The molecule has 0 radical (unpaired) electrons. The molecule has 0 spiro atoms. The predicted molar refractivity (Wildman–Crippen MR) is 51.3 cm³/mol. The van der Waals surface area contributed by atoms with Crippen molar-refractivity contribution < 1.29 is 13.2 Å².